The van der Waals surface area contributed by atoms with Crippen molar-refractivity contribution in [2.75, 3.05) is 11.0 Å². The van der Waals surface area contributed by atoms with Crippen molar-refractivity contribution in [3.63, 3.8) is 0 Å². The Morgan fingerprint density at radius 2 is 2.40 bits per heavy atom. The van der Waals surface area contributed by atoms with Crippen molar-refractivity contribution in [1.29, 1.82) is 0 Å². The van der Waals surface area contributed by atoms with Gasteiger partial charge in [-0.05, 0) is 5.53 Å². The molecular weight excluding hydrogens is 317 g/mol. The minimum atomic E-state index is -0.736. The highest BCUT2D eigenvalue weighted by Gasteiger charge is 2.23. The summed E-state index contributed by atoms with van der Waals surface area (Å²) in [7, 11) is 0. The van der Waals surface area contributed by atoms with E-state index < -0.39 is 18.1 Å². The standard InChI is InChI=1S/C7H10IN3O4/c1-5(13)15-7(3-14-4-12)6(2-8)10-11-9/h4,6-7H,2-3H2,1H3/t6-,7+/m1/s1. The Hall–Kier alpha value is -1.02. The number of nitrogens with zero attached hydrogens (tertiary/aromatic N) is 3. The molecule has 0 N–H and O–H groups in total. The van der Waals surface area contributed by atoms with Crippen LogP contribution in [0.1, 0.15) is 6.92 Å². The molecule has 0 fully saturated rings. The van der Waals surface area contributed by atoms with E-state index in [4.69, 9.17) is 10.3 Å². The maximum atomic E-state index is 10.7. The van der Waals surface area contributed by atoms with Crippen LogP contribution in [-0.4, -0.2) is 35.6 Å². The fourth-order valence-corrected chi connectivity index (χ4v) is 1.59. The smallest absolute Gasteiger partial charge is 0.303 e. The van der Waals surface area contributed by atoms with Gasteiger partial charge in [0.25, 0.3) is 6.47 Å². The lowest BCUT2D eigenvalue weighted by Crippen LogP contribution is -2.34. The Labute approximate surface area is 99.9 Å². The van der Waals surface area contributed by atoms with Crippen molar-refractivity contribution in [3.05, 3.63) is 10.4 Å². The molecule has 0 aliphatic heterocycles. The summed E-state index contributed by atoms with van der Waals surface area (Å²) in [5.41, 5.74) is 8.28. The van der Waals surface area contributed by atoms with Gasteiger partial charge in [0.05, 0.1) is 6.04 Å². The first-order valence-electron chi connectivity index (χ1n) is 3.98. The van der Waals surface area contributed by atoms with Crippen LogP contribution in [-0.2, 0) is 19.1 Å². The van der Waals surface area contributed by atoms with Gasteiger partial charge < -0.3 is 9.47 Å². The summed E-state index contributed by atoms with van der Waals surface area (Å²) in [4.78, 5) is 23.4. The lowest BCUT2D eigenvalue weighted by Gasteiger charge is -2.20. The van der Waals surface area contributed by atoms with Crippen molar-refractivity contribution in [1.82, 2.24) is 0 Å². The number of rotatable bonds is 7. The third kappa shape index (κ3) is 6.13. The molecule has 0 aromatic carbocycles. The zero-order chi connectivity index (χ0) is 11.7. The topological polar surface area (TPSA) is 101 Å². The number of alkyl halides is 1. The van der Waals surface area contributed by atoms with E-state index in [1.54, 1.807) is 0 Å². The SMILES string of the molecule is CC(=O)O[C@@H](COC=O)[C@@H](CI)N=[N+]=[N-]. The average Bonchev–Trinajstić information content (AvgIpc) is 2.20. The maximum Gasteiger partial charge on any atom is 0.303 e. The molecule has 15 heavy (non-hydrogen) atoms. The van der Waals surface area contributed by atoms with Gasteiger partial charge in [0.2, 0.25) is 0 Å². The molecule has 0 aromatic rings. The van der Waals surface area contributed by atoms with Gasteiger partial charge in [-0.3, -0.25) is 9.59 Å². The molecule has 7 nitrogen and oxygen atoms in total. The maximum absolute atomic E-state index is 10.7. The van der Waals surface area contributed by atoms with E-state index in [-0.39, 0.29) is 13.1 Å². The molecule has 2 atom stereocenters. The number of azide groups is 1. The molecule has 0 rings (SSSR count). The Balaban J connectivity index is 4.47. The van der Waals surface area contributed by atoms with E-state index in [1.165, 1.54) is 6.92 Å². The first-order valence-corrected chi connectivity index (χ1v) is 5.50. The van der Waals surface area contributed by atoms with Crippen molar-refractivity contribution in [2.45, 2.75) is 19.1 Å². The van der Waals surface area contributed by atoms with Crippen molar-refractivity contribution < 1.29 is 19.1 Å². The number of hydrogen-bond acceptors (Lipinski definition) is 5. The molecule has 0 aromatic heterocycles. The van der Waals surface area contributed by atoms with Crippen LogP contribution in [0.3, 0.4) is 0 Å². The van der Waals surface area contributed by atoms with E-state index in [1.807, 2.05) is 22.6 Å². The lowest BCUT2D eigenvalue weighted by molar-refractivity contribution is -0.153. The highest BCUT2D eigenvalue weighted by Crippen LogP contribution is 2.09. The molecule has 8 heteroatoms. The number of hydrogen-bond donors (Lipinski definition) is 0. The third-order valence-corrected chi connectivity index (χ3v) is 2.34. The van der Waals surface area contributed by atoms with Crippen LogP contribution in [0.2, 0.25) is 0 Å². The predicted octanol–water partition coefficient (Wildman–Crippen LogP) is 1.20. The minimum absolute atomic E-state index is 0.115. The van der Waals surface area contributed by atoms with Crippen LogP contribution in [0.5, 0.6) is 0 Å². The molecule has 0 radical (unpaired) electrons. The highest BCUT2D eigenvalue weighted by atomic mass is 127. The van der Waals surface area contributed by atoms with Crippen LogP contribution in [0.4, 0.5) is 0 Å². The molecule has 0 saturated heterocycles. The van der Waals surface area contributed by atoms with E-state index in [0.29, 0.717) is 4.43 Å². The molecule has 0 unspecified atom stereocenters. The van der Waals surface area contributed by atoms with E-state index in [2.05, 4.69) is 14.8 Å². The lowest BCUT2D eigenvalue weighted by atomic mass is 10.2. The van der Waals surface area contributed by atoms with Crippen molar-refractivity contribution in [3.8, 4) is 0 Å². The molecule has 0 saturated carbocycles. The first-order chi connectivity index (χ1) is 7.15. The Morgan fingerprint density at radius 1 is 1.73 bits per heavy atom. The normalized spacial score (nSPS) is 13.2. The fourth-order valence-electron chi connectivity index (χ4n) is 0.842. The quantitative estimate of drug-likeness (QED) is 0.133. The number of esters is 1. The highest BCUT2D eigenvalue weighted by molar-refractivity contribution is 14.1. The minimum Gasteiger partial charge on any atom is -0.464 e. The average molecular weight is 327 g/mol. The Kier molecular flexibility index (Phi) is 7.74. The number of carbonyl (C=O) groups is 2. The van der Waals surface area contributed by atoms with Gasteiger partial charge in [-0.15, -0.1) is 0 Å². The largest absolute Gasteiger partial charge is 0.464 e. The van der Waals surface area contributed by atoms with E-state index >= 15 is 0 Å². The van der Waals surface area contributed by atoms with Crippen LogP contribution in [0, 0.1) is 0 Å². The van der Waals surface area contributed by atoms with Gasteiger partial charge >= 0.3 is 5.97 Å². The molecular formula is C7H10IN3O4. The summed E-state index contributed by atoms with van der Waals surface area (Å²) >= 11 is 1.99. The van der Waals surface area contributed by atoms with Gasteiger partial charge in [0.1, 0.15) is 12.7 Å². The molecule has 0 bridgehead atoms. The van der Waals surface area contributed by atoms with Gasteiger partial charge in [0, 0.05) is 16.3 Å². The number of ether oxygens (including phenoxy) is 2. The summed E-state index contributed by atoms with van der Waals surface area (Å²) < 4.78 is 9.81. The molecule has 0 amide bonds. The van der Waals surface area contributed by atoms with Gasteiger partial charge in [-0.1, -0.05) is 27.7 Å². The summed E-state index contributed by atoms with van der Waals surface area (Å²) in [5, 5.41) is 3.45. The molecule has 0 aliphatic carbocycles. The zero-order valence-electron chi connectivity index (χ0n) is 8.00. The molecule has 0 heterocycles. The zero-order valence-corrected chi connectivity index (χ0v) is 10.2. The second-order valence-corrected chi connectivity index (χ2v) is 3.38. The summed E-state index contributed by atoms with van der Waals surface area (Å²) in [5.74, 6) is -0.516. The van der Waals surface area contributed by atoms with Crippen molar-refractivity contribution >= 4 is 35.0 Å². The van der Waals surface area contributed by atoms with E-state index in [9.17, 15) is 9.59 Å². The van der Waals surface area contributed by atoms with Crippen LogP contribution < -0.4 is 0 Å². The monoisotopic (exact) mass is 327 g/mol. The first kappa shape index (κ1) is 14.0. The summed E-state index contributed by atoms with van der Waals surface area (Å²) in [6, 6.07) is -0.542. The Bertz CT molecular complexity index is 267. The summed E-state index contributed by atoms with van der Waals surface area (Å²) in [6.45, 7) is 1.36. The third-order valence-electron chi connectivity index (χ3n) is 1.43. The predicted molar refractivity (Wildman–Crippen MR) is 59.4 cm³/mol. The number of halogens is 1. The molecule has 0 aliphatic rings. The van der Waals surface area contributed by atoms with Gasteiger partial charge in [-0.2, -0.15) is 0 Å². The van der Waals surface area contributed by atoms with Crippen LogP contribution in [0.15, 0.2) is 5.11 Å². The van der Waals surface area contributed by atoms with Gasteiger partial charge in [-0.25, -0.2) is 0 Å². The van der Waals surface area contributed by atoms with Gasteiger partial charge in [0.15, 0.2) is 0 Å². The van der Waals surface area contributed by atoms with Crippen LogP contribution in [0.25, 0.3) is 10.4 Å². The van der Waals surface area contributed by atoms with E-state index in [0.717, 1.165) is 0 Å². The molecule has 0 spiro atoms. The molecule has 84 valence electrons. The summed E-state index contributed by atoms with van der Waals surface area (Å²) in [6.07, 6.45) is -0.736. The Morgan fingerprint density at radius 3 is 2.80 bits per heavy atom. The van der Waals surface area contributed by atoms with Crippen LogP contribution >= 0.6 is 22.6 Å². The fraction of sp³-hybridized carbons (Fsp3) is 0.714. The second kappa shape index (κ2) is 8.30. The van der Waals surface area contributed by atoms with Crippen molar-refractivity contribution in [2.24, 2.45) is 5.11 Å². The number of carbonyl (C=O) groups excluding carboxylic acids is 2. The second-order valence-electron chi connectivity index (χ2n) is 2.50.